The molecule has 0 amide bonds. The maximum Gasteiger partial charge on any atom is 0.137 e. The van der Waals surface area contributed by atoms with Crippen LogP contribution in [-0.4, -0.2) is 39.5 Å². The van der Waals surface area contributed by atoms with E-state index >= 15 is 0 Å². The molecule has 1 aliphatic rings. The molecule has 1 fully saturated rings. The Bertz CT molecular complexity index is 565. The number of hydrogen-bond acceptors (Lipinski definition) is 3. The van der Waals surface area contributed by atoms with Crippen LogP contribution in [0.3, 0.4) is 0 Å². The third kappa shape index (κ3) is 2.80. The van der Waals surface area contributed by atoms with Gasteiger partial charge in [0.05, 0.1) is 5.69 Å². The summed E-state index contributed by atoms with van der Waals surface area (Å²) in [7, 11) is 0. The Kier molecular flexibility index (Phi) is 3.29. The fourth-order valence-electron chi connectivity index (χ4n) is 3.03. The summed E-state index contributed by atoms with van der Waals surface area (Å²) >= 11 is 0. The van der Waals surface area contributed by atoms with Crippen molar-refractivity contribution in [2.24, 2.45) is 0 Å². The van der Waals surface area contributed by atoms with E-state index in [2.05, 4.69) is 59.9 Å². The highest BCUT2D eigenvalue weighted by Gasteiger charge is 2.21. The summed E-state index contributed by atoms with van der Waals surface area (Å²) in [4.78, 5) is 7.19. The van der Waals surface area contributed by atoms with Crippen LogP contribution in [0.5, 0.6) is 0 Å². The molecular formula is C15H22N4. The number of imidazole rings is 1. The molecule has 4 nitrogen and oxygen atoms in total. The van der Waals surface area contributed by atoms with Crippen molar-refractivity contribution in [1.82, 2.24) is 19.6 Å². The Labute approximate surface area is 114 Å². The van der Waals surface area contributed by atoms with Gasteiger partial charge in [0.2, 0.25) is 0 Å². The number of rotatable bonds is 2. The smallest absolute Gasteiger partial charge is 0.137 e. The van der Waals surface area contributed by atoms with Crippen molar-refractivity contribution in [3.8, 4) is 0 Å². The number of nitrogens with zero attached hydrogens (tertiary/aromatic N) is 3. The minimum absolute atomic E-state index is 0.558. The van der Waals surface area contributed by atoms with E-state index in [0.29, 0.717) is 12.1 Å². The molecule has 0 spiro atoms. The molecule has 102 valence electrons. The van der Waals surface area contributed by atoms with Crippen LogP contribution in [0.1, 0.15) is 25.1 Å². The van der Waals surface area contributed by atoms with Crippen LogP contribution in [0.15, 0.2) is 24.5 Å². The predicted octanol–water partition coefficient (Wildman–Crippen LogP) is 1.82. The summed E-state index contributed by atoms with van der Waals surface area (Å²) in [5.41, 5.74) is 3.46. The van der Waals surface area contributed by atoms with Gasteiger partial charge in [-0.1, -0.05) is 6.07 Å². The van der Waals surface area contributed by atoms with Crippen molar-refractivity contribution < 1.29 is 0 Å². The van der Waals surface area contributed by atoms with Crippen LogP contribution in [0.2, 0.25) is 0 Å². The van der Waals surface area contributed by atoms with Crippen molar-refractivity contribution in [3.05, 3.63) is 35.8 Å². The molecule has 19 heavy (non-hydrogen) atoms. The van der Waals surface area contributed by atoms with E-state index in [1.807, 2.05) is 0 Å². The maximum atomic E-state index is 4.70. The van der Waals surface area contributed by atoms with E-state index in [9.17, 15) is 0 Å². The van der Waals surface area contributed by atoms with Crippen molar-refractivity contribution in [1.29, 1.82) is 0 Å². The van der Waals surface area contributed by atoms with Crippen molar-refractivity contribution >= 4 is 5.65 Å². The first-order chi connectivity index (χ1) is 9.10. The molecule has 2 unspecified atom stereocenters. The molecule has 0 aliphatic carbocycles. The van der Waals surface area contributed by atoms with Crippen LogP contribution < -0.4 is 5.32 Å². The van der Waals surface area contributed by atoms with Crippen molar-refractivity contribution in [2.75, 3.05) is 13.1 Å². The van der Waals surface area contributed by atoms with E-state index in [1.165, 1.54) is 5.56 Å². The third-order valence-corrected chi connectivity index (χ3v) is 3.67. The molecule has 2 aromatic rings. The lowest BCUT2D eigenvalue weighted by Gasteiger charge is -2.35. The summed E-state index contributed by atoms with van der Waals surface area (Å²) in [5.74, 6) is 0. The summed E-state index contributed by atoms with van der Waals surface area (Å²) < 4.78 is 2.12. The molecule has 1 N–H and O–H groups in total. The number of hydrogen-bond donors (Lipinski definition) is 1. The molecule has 1 saturated heterocycles. The SMILES string of the molecule is Cc1ccc2nc(CN3CC(C)NC(C)C3)cn2c1. The second-order valence-corrected chi connectivity index (χ2v) is 5.87. The van der Waals surface area contributed by atoms with Gasteiger partial charge < -0.3 is 9.72 Å². The van der Waals surface area contributed by atoms with Gasteiger partial charge in [-0.2, -0.15) is 0 Å². The zero-order chi connectivity index (χ0) is 13.4. The molecule has 0 aromatic carbocycles. The van der Waals surface area contributed by atoms with Gasteiger partial charge in [-0.25, -0.2) is 4.98 Å². The van der Waals surface area contributed by atoms with Gasteiger partial charge in [-0.3, -0.25) is 4.90 Å². The molecule has 4 heteroatoms. The van der Waals surface area contributed by atoms with Gasteiger partial charge in [-0.15, -0.1) is 0 Å². The van der Waals surface area contributed by atoms with Crippen LogP contribution in [-0.2, 0) is 6.54 Å². The Morgan fingerprint density at radius 1 is 1.21 bits per heavy atom. The molecule has 0 saturated carbocycles. The molecule has 3 rings (SSSR count). The highest BCUT2D eigenvalue weighted by Crippen LogP contribution is 2.12. The van der Waals surface area contributed by atoms with E-state index in [1.54, 1.807) is 0 Å². The number of piperazine rings is 1. The van der Waals surface area contributed by atoms with Crippen molar-refractivity contribution in [3.63, 3.8) is 0 Å². The molecular weight excluding hydrogens is 236 g/mol. The fraction of sp³-hybridized carbons (Fsp3) is 0.533. The van der Waals surface area contributed by atoms with Gasteiger partial charge in [0, 0.05) is 44.1 Å². The Hall–Kier alpha value is -1.39. The lowest BCUT2D eigenvalue weighted by molar-refractivity contribution is 0.165. The minimum Gasteiger partial charge on any atom is -0.309 e. The van der Waals surface area contributed by atoms with E-state index in [4.69, 9.17) is 4.98 Å². The van der Waals surface area contributed by atoms with Crippen molar-refractivity contribution in [2.45, 2.75) is 39.4 Å². The number of fused-ring (bicyclic) bond motifs is 1. The van der Waals surface area contributed by atoms with Gasteiger partial charge >= 0.3 is 0 Å². The number of aromatic nitrogens is 2. The Morgan fingerprint density at radius 2 is 1.95 bits per heavy atom. The highest BCUT2D eigenvalue weighted by molar-refractivity contribution is 5.41. The largest absolute Gasteiger partial charge is 0.309 e. The number of aryl methyl sites for hydroxylation is 1. The minimum atomic E-state index is 0.558. The molecule has 2 atom stereocenters. The first-order valence-corrected chi connectivity index (χ1v) is 7.03. The standard InChI is InChI=1S/C15H22N4/c1-11-4-5-15-17-14(10-19(15)6-11)9-18-7-12(2)16-13(3)8-18/h4-6,10,12-13,16H,7-9H2,1-3H3. The Morgan fingerprint density at radius 3 is 2.68 bits per heavy atom. The van der Waals surface area contributed by atoms with Crippen LogP contribution in [0.25, 0.3) is 5.65 Å². The normalized spacial score (nSPS) is 25.0. The summed E-state index contributed by atoms with van der Waals surface area (Å²) in [6, 6.07) is 5.31. The first kappa shape index (κ1) is 12.6. The fourth-order valence-corrected chi connectivity index (χ4v) is 3.03. The highest BCUT2D eigenvalue weighted by atomic mass is 15.2. The zero-order valence-corrected chi connectivity index (χ0v) is 11.9. The van der Waals surface area contributed by atoms with Crippen LogP contribution in [0.4, 0.5) is 0 Å². The van der Waals surface area contributed by atoms with E-state index in [-0.39, 0.29) is 0 Å². The third-order valence-electron chi connectivity index (χ3n) is 3.67. The summed E-state index contributed by atoms with van der Waals surface area (Å²) in [6.07, 6.45) is 4.29. The molecule has 0 radical (unpaired) electrons. The monoisotopic (exact) mass is 258 g/mol. The topological polar surface area (TPSA) is 32.6 Å². The van der Waals surface area contributed by atoms with Gasteiger partial charge in [0.1, 0.15) is 5.65 Å². The lowest BCUT2D eigenvalue weighted by atomic mass is 10.1. The molecule has 3 heterocycles. The van der Waals surface area contributed by atoms with E-state index in [0.717, 1.165) is 31.0 Å². The van der Waals surface area contributed by atoms with E-state index < -0.39 is 0 Å². The summed E-state index contributed by atoms with van der Waals surface area (Å²) in [6.45, 7) is 9.73. The predicted molar refractivity (Wildman–Crippen MR) is 77.3 cm³/mol. The molecule has 2 aromatic heterocycles. The average molecular weight is 258 g/mol. The lowest BCUT2D eigenvalue weighted by Crippen LogP contribution is -2.53. The van der Waals surface area contributed by atoms with Crippen LogP contribution >= 0.6 is 0 Å². The van der Waals surface area contributed by atoms with Gasteiger partial charge in [-0.05, 0) is 32.4 Å². The molecule has 1 aliphatic heterocycles. The van der Waals surface area contributed by atoms with Crippen LogP contribution in [0, 0.1) is 6.92 Å². The second-order valence-electron chi connectivity index (χ2n) is 5.87. The number of nitrogens with one attached hydrogen (secondary N) is 1. The second kappa shape index (κ2) is 4.94. The zero-order valence-electron chi connectivity index (χ0n) is 11.9. The maximum absolute atomic E-state index is 4.70. The first-order valence-electron chi connectivity index (χ1n) is 7.03. The van der Waals surface area contributed by atoms with Gasteiger partial charge in [0.15, 0.2) is 0 Å². The average Bonchev–Trinajstić information content (AvgIpc) is 2.68. The van der Waals surface area contributed by atoms with Gasteiger partial charge in [0.25, 0.3) is 0 Å². The molecule has 0 bridgehead atoms. The Balaban J connectivity index is 1.77. The summed E-state index contributed by atoms with van der Waals surface area (Å²) in [5, 5.41) is 3.56. The quantitative estimate of drug-likeness (QED) is 0.892. The number of pyridine rings is 1.